The van der Waals surface area contributed by atoms with Gasteiger partial charge in [0.05, 0.1) is 18.2 Å². The minimum absolute atomic E-state index is 0.0268. The quantitative estimate of drug-likeness (QED) is 0.626. The van der Waals surface area contributed by atoms with E-state index in [4.69, 9.17) is 14.7 Å². The first-order valence-electron chi connectivity index (χ1n) is 8.54. The maximum atomic E-state index is 12.5. The van der Waals surface area contributed by atoms with E-state index in [1.165, 1.54) is 6.07 Å². The molecule has 7 heteroatoms. The van der Waals surface area contributed by atoms with Crippen molar-refractivity contribution < 1.29 is 23.0 Å². The Morgan fingerprint density at radius 2 is 1.93 bits per heavy atom. The summed E-state index contributed by atoms with van der Waals surface area (Å²) in [6.07, 6.45) is 0. The topological polar surface area (TPSA) is 54.7 Å². The van der Waals surface area contributed by atoms with Gasteiger partial charge in [0.15, 0.2) is 11.5 Å². The molecule has 2 rings (SSSR count). The summed E-state index contributed by atoms with van der Waals surface area (Å²) in [5.74, 6) is 0.974. The van der Waals surface area contributed by atoms with Crippen molar-refractivity contribution in [1.29, 1.82) is 5.26 Å². The molecule has 0 spiro atoms. The van der Waals surface area contributed by atoms with Gasteiger partial charge in [-0.15, -0.1) is 0 Å². The number of ether oxygens (including phenoxy) is 3. The van der Waals surface area contributed by atoms with Crippen molar-refractivity contribution in [2.45, 2.75) is 20.1 Å². The molecule has 0 atom stereocenters. The van der Waals surface area contributed by atoms with Crippen molar-refractivity contribution in [3.05, 3.63) is 53.6 Å². The van der Waals surface area contributed by atoms with Gasteiger partial charge in [-0.05, 0) is 49.9 Å². The average Bonchev–Trinajstić information content (AvgIpc) is 2.64. The number of halogens is 2. The van der Waals surface area contributed by atoms with E-state index in [0.717, 1.165) is 5.56 Å². The summed E-state index contributed by atoms with van der Waals surface area (Å²) in [5, 5.41) is 8.89. The Hall–Kier alpha value is -2.85. The van der Waals surface area contributed by atoms with E-state index in [9.17, 15) is 8.78 Å². The van der Waals surface area contributed by atoms with E-state index >= 15 is 0 Å². The second kappa shape index (κ2) is 10.3. The molecule has 0 aliphatic rings. The normalized spacial score (nSPS) is 10.7. The molecule has 0 unspecified atom stereocenters. The molecule has 0 radical (unpaired) electrons. The maximum absolute atomic E-state index is 12.5. The van der Waals surface area contributed by atoms with Crippen LogP contribution in [-0.2, 0) is 6.54 Å². The van der Waals surface area contributed by atoms with Crippen LogP contribution in [0.1, 0.15) is 18.1 Å². The molecular formula is C20H22F2N2O3. The number of rotatable bonds is 10. The SMILES string of the molecule is CCOc1cc(CN(C)CCOc2cccc(C#N)c2)ccc1OC(F)F. The summed E-state index contributed by atoms with van der Waals surface area (Å²) in [4.78, 5) is 2.03. The Labute approximate surface area is 157 Å². The van der Waals surface area contributed by atoms with Crippen LogP contribution in [0.5, 0.6) is 17.2 Å². The highest BCUT2D eigenvalue weighted by molar-refractivity contribution is 5.43. The highest BCUT2D eigenvalue weighted by Crippen LogP contribution is 2.30. The first-order chi connectivity index (χ1) is 13.0. The fourth-order valence-electron chi connectivity index (χ4n) is 2.48. The molecule has 0 aromatic heterocycles. The van der Waals surface area contributed by atoms with Crippen LogP contribution in [0, 0.1) is 11.3 Å². The van der Waals surface area contributed by atoms with E-state index in [0.29, 0.717) is 43.4 Å². The number of alkyl halides is 2. The zero-order valence-electron chi connectivity index (χ0n) is 15.3. The van der Waals surface area contributed by atoms with Gasteiger partial charge in [0.1, 0.15) is 12.4 Å². The maximum Gasteiger partial charge on any atom is 0.387 e. The molecule has 0 fully saturated rings. The van der Waals surface area contributed by atoms with Gasteiger partial charge in [-0.1, -0.05) is 12.1 Å². The number of nitrogens with zero attached hydrogens (tertiary/aromatic N) is 2. The van der Waals surface area contributed by atoms with Gasteiger partial charge in [0.25, 0.3) is 0 Å². The largest absolute Gasteiger partial charge is 0.492 e. The standard InChI is InChI=1S/C20H22F2N2O3/c1-3-25-19-12-16(7-8-18(19)27-20(21)22)14-24(2)9-10-26-17-6-4-5-15(11-17)13-23/h4-8,11-12,20H,3,9-10,14H2,1-2H3. The lowest BCUT2D eigenvalue weighted by Crippen LogP contribution is -2.24. The number of nitriles is 1. The predicted molar refractivity (Wildman–Crippen MR) is 97.2 cm³/mol. The van der Waals surface area contributed by atoms with Gasteiger partial charge in [-0.2, -0.15) is 14.0 Å². The Balaban J connectivity index is 1.89. The van der Waals surface area contributed by atoms with Crippen molar-refractivity contribution in [1.82, 2.24) is 4.90 Å². The summed E-state index contributed by atoms with van der Waals surface area (Å²) >= 11 is 0. The van der Waals surface area contributed by atoms with Gasteiger partial charge in [-0.25, -0.2) is 0 Å². The molecule has 0 saturated carbocycles. The summed E-state index contributed by atoms with van der Waals surface area (Å²) < 4.78 is 40.5. The van der Waals surface area contributed by atoms with Crippen LogP contribution in [0.3, 0.4) is 0 Å². The average molecular weight is 376 g/mol. The summed E-state index contributed by atoms with van der Waals surface area (Å²) in [7, 11) is 1.93. The highest BCUT2D eigenvalue weighted by atomic mass is 19.3. The van der Waals surface area contributed by atoms with Gasteiger partial charge < -0.3 is 14.2 Å². The van der Waals surface area contributed by atoms with E-state index in [1.54, 1.807) is 43.3 Å². The van der Waals surface area contributed by atoms with Crippen molar-refractivity contribution >= 4 is 0 Å². The summed E-state index contributed by atoms with van der Waals surface area (Å²) in [6, 6.07) is 14.0. The highest BCUT2D eigenvalue weighted by Gasteiger charge is 2.12. The Kier molecular flexibility index (Phi) is 7.83. The van der Waals surface area contributed by atoms with E-state index in [2.05, 4.69) is 10.8 Å². The van der Waals surface area contributed by atoms with Crippen LogP contribution in [-0.4, -0.2) is 38.3 Å². The van der Waals surface area contributed by atoms with Gasteiger partial charge in [0, 0.05) is 13.1 Å². The lowest BCUT2D eigenvalue weighted by molar-refractivity contribution is -0.0514. The first-order valence-corrected chi connectivity index (χ1v) is 8.54. The molecule has 0 heterocycles. The van der Waals surface area contributed by atoms with Crippen LogP contribution in [0.2, 0.25) is 0 Å². The Morgan fingerprint density at radius 3 is 2.63 bits per heavy atom. The second-order valence-electron chi connectivity index (χ2n) is 5.82. The number of benzene rings is 2. The third kappa shape index (κ3) is 6.76. The number of hydrogen-bond acceptors (Lipinski definition) is 5. The van der Waals surface area contributed by atoms with Crippen molar-refractivity contribution in [2.24, 2.45) is 0 Å². The van der Waals surface area contributed by atoms with Crippen LogP contribution in [0.25, 0.3) is 0 Å². The molecular weight excluding hydrogens is 354 g/mol. The minimum atomic E-state index is -2.89. The van der Waals surface area contributed by atoms with E-state index < -0.39 is 6.61 Å². The van der Waals surface area contributed by atoms with Crippen molar-refractivity contribution in [3.63, 3.8) is 0 Å². The molecule has 27 heavy (non-hydrogen) atoms. The first kappa shape index (κ1) is 20.5. The van der Waals surface area contributed by atoms with Gasteiger partial charge in [-0.3, -0.25) is 4.90 Å². The Bertz CT molecular complexity index is 778. The molecule has 0 N–H and O–H groups in total. The zero-order chi connectivity index (χ0) is 19.6. The van der Waals surface area contributed by atoms with Crippen molar-refractivity contribution in [2.75, 3.05) is 26.8 Å². The van der Waals surface area contributed by atoms with Gasteiger partial charge >= 0.3 is 6.61 Å². The monoisotopic (exact) mass is 376 g/mol. The molecule has 0 aliphatic carbocycles. The minimum Gasteiger partial charge on any atom is -0.492 e. The van der Waals surface area contributed by atoms with Gasteiger partial charge in [0.2, 0.25) is 0 Å². The smallest absolute Gasteiger partial charge is 0.387 e. The molecule has 0 saturated heterocycles. The molecule has 5 nitrogen and oxygen atoms in total. The molecule has 144 valence electrons. The van der Waals surface area contributed by atoms with Crippen LogP contribution >= 0.6 is 0 Å². The lowest BCUT2D eigenvalue weighted by Gasteiger charge is -2.18. The fourth-order valence-corrected chi connectivity index (χ4v) is 2.48. The zero-order valence-corrected chi connectivity index (χ0v) is 15.3. The van der Waals surface area contributed by atoms with Crippen molar-refractivity contribution in [3.8, 4) is 23.3 Å². The third-order valence-corrected chi connectivity index (χ3v) is 3.68. The van der Waals surface area contributed by atoms with E-state index in [1.807, 2.05) is 11.9 Å². The molecule has 0 bridgehead atoms. The van der Waals surface area contributed by atoms with E-state index in [-0.39, 0.29) is 5.75 Å². The number of hydrogen-bond donors (Lipinski definition) is 0. The molecule has 0 aliphatic heterocycles. The summed E-state index contributed by atoms with van der Waals surface area (Å²) in [6.45, 7) is 0.940. The Morgan fingerprint density at radius 1 is 1.11 bits per heavy atom. The predicted octanol–water partition coefficient (Wildman–Crippen LogP) is 4.07. The molecule has 0 amide bonds. The molecule has 2 aromatic carbocycles. The van der Waals surface area contributed by atoms with Crippen LogP contribution < -0.4 is 14.2 Å². The van der Waals surface area contributed by atoms with Crippen LogP contribution in [0.15, 0.2) is 42.5 Å². The summed E-state index contributed by atoms with van der Waals surface area (Å²) in [5.41, 5.74) is 1.46. The second-order valence-corrected chi connectivity index (χ2v) is 5.82. The number of likely N-dealkylation sites (N-methyl/N-ethyl adjacent to an activating group) is 1. The lowest BCUT2D eigenvalue weighted by atomic mass is 10.2. The third-order valence-electron chi connectivity index (χ3n) is 3.68. The molecule has 2 aromatic rings. The van der Waals surface area contributed by atoms with Crippen LogP contribution in [0.4, 0.5) is 8.78 Å². The fraction of sp³-hybridized carbons (Fsp3) is 0.350.